The summed E-state index contributed by atoms with van der Waals surface area (Å²) in [5, 5.41) is 11.8. The molecule has 0 saturated carbocycles. The SMILES string of the molecule is COCNc1ccc(C=Cc2ccc(C(C)NO)cc2S(=O)(=O)O)c(S(=O)(=O)O)c1. The summed E-state index contributed by atoms with van der Waals surface area (Å²) in [6, 6.07) is 7.68. The summed E-state index contributed by atoms with van der Waals surface area (Å²) in [6.45, 7) is 1.70. The topological polar surface area (TPSA) is 162 Å². The van der Waals surface area contributed by atoms with E-state index >= 15 is 0 Å². The number of anilines is 1. The molecule has 0 heterocycles. The number of hydroxylamine groups is 1. The molecule has 0 bridgehead atoms. The second-order valence-corrected chi connectivity index (χ2v) is 9.07. The zero-order chi connectivity index (χ0) is 22.5. The average molecular weight is 459 g/mol. The molecule has 10 nitrogen and oxygen atoms in total. The predicted molar refractivity (Wildman–Crippen MR) is 110 cm³/mol. The van der Waals surface area contributed by atoms with Crippen LogP contribution in [-0.2, 0) is 25.0 Å². The Morgan fingerprint density at radius 2 is 1.50 bits per heavy atom. The van der Waals surface area contributed by atoms with E-state index in [1.807, 2.05) is 5.48 Å². The van der Waals surface area contributed by atoms with E-state index in [1.54, 1.807) is 13.0 Å². The van der Waals surface area contributed by atoms with Crippen molar-refractivity contribution >= 4 is 38.1 Å². The molecule has 164 valence electrons. The third kappa shape index (κ3) is 6.09. The van der Waals surface area contributed by atoms with Crippen LogP contribution in [0.2, 0.25) is 0 Å². The fourth-order valence-electron chi connectivity index (χ4n) is 2.60. The number of benzene rings is 2. The number of hydrogen-bond donors (Lipinski definition) is 5. The molecule has 5 N–H and O–H groups in total. The van der Waals surface area contributed by atoms with Crippen LogP contribution in [0.25, 0.3) is 12.2 Å². The summed E-state index contributed by atoms with van der Waals surface area (Å²) in [5.74, 6) is 0. The van der Waals surface area contributed by atoms with Gasteiger partial charge in [-0.3, -0.25) is 9.11 Å². The molecule has 0 radical (unpaired) electrons. The van der Waals surface area contributed by atoms with Crippen LogP contribution in [0.15, 0.2) is 46.2 Å². The average Bonchev–Trinajstić information content (AvgIpc) is 2.68. The van der Waals surface area contributed by atoms with Gasteiger partial charge >= 0.3 is 0 Å². The van der Waals surface area contributed by atoms with E-state index in [4.69, 9.17) is 9.94 Å². The second kappa shape index (κ2) is 9.66. The van der Waals surface area contributed by atoms with Gasteiger partial charge in [0.15, 0.2) is 0 Å². The first-order chi connectivity index (χ1) is 14.0. The Morgan fingerprint density at radius 1 is 0.967 bits per heavy atom. The summed E-state index contributed by atoms with van der Waals surface area (Å²) in [4.78, 5) is -0.826. The lowest BCUT2D eigenvalue weighted by atomic mass is 10.1. The van der Waals surface area contributed by atoms with Crippen molar-refractivity contribution in [1.82, 2.24) is 5.48 Å². The van der Waals surface area contributed by atoms with Crippen molar-refractivity contribution in [3.8, 4) is 0 Å². The van der Waals surface area contributed by atoms with Crippen molar-refractivity contribution in [3.63, 3.8) is 0 Å². The Bertz CT molecular complexity index is 1140. The lowest BCUT2D eigenvalue weighted by Gasteiger charge is -2.12. The van der Waals surface area contributed by atoms with Gasteiger partial charge in [-0.15, -0.1) is 0 Å². The largest absolute Gasteiger partial charge is 0.365 e. The van der Waals surface area contributed by atoms with Gasteiger partial charge in [-0.1, -0.05) is 30.4 Å². The summed E-state index contributed by atoms with van der Waals surface area (Å²) in [6.07, 6.45) is 2.58. The first-order valence-corrected chi connectivity index (χ1v) is 11.4. The van der Waals surface area contributed by atoms with Gasteiger partial charge in [-0.2, -0.15) is 22.3 Å². The van der Waals surface area contributed by atoms with Crippen LogP contribution in [0.3, 0.4) is 0 Å². The smallest absolute Gasteiger partial charge is 0.295 e. The summed E-state index contributed by atoms with van der Waals surface area (Å²) in [7, 11) is -7.74. The Kier molecular flexibility index (Phi) is 7.71. The van der Waals surface area contributed by atoms with Crippen LogP contribution in [0.1, 0.15) is 29.7 Å². The van der Waals surface area contributed by atoms with Crippen LogP contribution in [-0.4, -0.2) is 45.0 Å². The van der Waals surface area contributed by atoms with E-state index in [0.717, 1.165) is 0 Å². The Balaban J connectivity index is 2.53. The van der Waals surface area contributed by atoms with E-state index in [2.05, 4.69) is 5.32 Å². The molecule has 0 aromatic heterocycles. The standard InChI is InChI=1S/C18H22N2O8S2/c1-12(20-21)15-6-5-13(17(9-15)29(22,23)24)3-4-14-7-8-16(19-11-28-2)10-18(14)30(25,26)27/h3-10,12,19-21H,11H2,1-2H3,(H,22,23,24)(H,25,26,27). The van der Waals surface area contributed by atoms with Gasteiger partial charge in [0.1, 0.15) is 16.5 Å². The van der Waals surface area contributed by atoms with Gasteiger partial charge in [0.25, 0.3) is 20.2 Å². The minimum atomic E-state index is -4.61. The van der Waals surface area contributed by atoms with E-state index < -0.39 is 36.1 Å². The van der Waals surface area contributed by atoms with Crippen molar-refractivity contribution in [2.45, 2.75) is 22.8 Å². The number of ether oxygens (including phenoxy) is 1. The Morgan fingerprint density at radius 3 is 2.00 bits per heavy atom. The number of methoxy groups -OCH3 is 1. The lowest BCUT2D eigenvalue weighted by molar-refractivity contribution is 0.133. The fraction of sp³-hybridized carbons (Fsp3) is 0.222. The van der Waals surface area contributed by atoms with Crippen LogP contribution >= 0.6 is 0 Å². The van der Waals surface area contributed by atoms with Crippen LogP contribution in [0.5, 0.6) is 0 Å². The minimum Gasteiger partial charge on any atom is -0.365 e. The number of hydrogen-bond acceptors (Lipinski definition) is 8. The maximum absolute atomic E-state index is 11.8. The maximum atomic E-state index is 11.8. The monoisotopic (exact) mass is 458 g/mol. The van der Waals surface area contributed by atoms with Gasteiger partial charge in [0, 0.05) is 12.8 Å². The molecule has 2 aromatic carbocycles. The van der Waals surface area contributed by atoms with Gasteiger partial charge < -0.3 is 15.3 Å². The predicted octanol–water partition coefficient (Wildman–Crippen LogP) is 2.41. The summed E-state index contributed by atoms with van der Waals surface area (Å²) >= 11 is 0. The Hall–Kier alpha value is -2.32. The number of nitrogens with one attached hydrogen (secondary N) is 2. The van der Waals surface area contributed by atoms with Gasteiger partial charge in [0.2, 0.25) is 0 Å². The zero-order valence-electron chi connectivity index (χ0n) is 16.1. The fourth-order valence-corrected chi connectivity index (χ4v) is 4.03. The summed E-state index contributed by atoms with van der Waals surface area (Å²) in [5.41, 5.74) is 2.93. The van der Waals surface area contributed by atoms with Crippen LogP contribution in [0.4, 0.5) is 5.69 Å². The highest BCUT2D eigenvalue weighted by atomic mass is 32.2. The molecule has 0 fully saturated rings. The molecule has 0 saturated heterocycles. The third-order valence-corrected chi connectivity index (χ3v) is 5.98. The molecular formula is C18H22N2O8S2. The highest BCUT2D eigenvalue weighted by Gasteiger charge is 2.18. The molecule has 0 spiro atoms. The molecule has 0 aliphatic rings. The molecule has 30 heavy (non-hydrogen) atoms. The van der Waals surface area contributed by atoms with Crippen LogP contribution < -0.4 is 10.8 Å². The molecule has 12 heteroatoms. The lowest BCUT2D eigenvalue weighted by Crippen LogP contribution is -2.14. The van der Waals surface area contributed by atoms with Crippen molar-refractivity contribution in [2.24, 2.45) is 0 Å². The molecular weight excluding hydrogens is 436 g/mol. The molecule has 1 atom stereocenters. The molecule has 1 unspecified atom stereocenters. The van der Waals surface area contributed by atoms with Gasteiger partial charge in [-0.05, 0) is 41.8 Å². The van der Waals surface area contributed by atoms with Gasteiger partial charge in [-0.25, -0.2) is 0 Å². The number of rotatable bonds is 9. The van der Waals surface area contributed by atoms with Crippen molar-refractivity contribution < 1.29 is 35.9 Å². The van der Waals surface area contributed by atoms with E-state index in [0.29, 0.717) is 11.3 Å². The van der Waals surface area contributed by atoms with Crippen LogP contribution in [0, 0.1) is 0 Å². The minimum absolute atomic E-state index is 0.0780. The highest BCUT2D eigenvalue weighted by Crippen LogP contribution is 2.26. The molecule has 0 amide bonds. The normalized spacial score (nSPS) is 13.5. The third-order valence-electron chi connectivity index (χ3n) is 4.16. The highest BCUT2D eigenvalue weighted by molar-refractivity contribution is 7.86. The summed E-state index contributed by atoms with van der Waals surface area (Å²) < 4.78 is 71.0. The first kappa shape index (κ1) is 24.0. The quantitative estimate of drug-likeness (QED) is 0.163. The molecule has 0 aliphatic heterocycles. The van der Waals surface area contributed by atoms with Crippen molar-refractivity contribution in [1.29, 1.82) is 0 Å². The second-order valence-electron chi connectivity index (χ2n) is 6.29. The van der Waals surface area contributed by atoms with Gasteiger partial charge in [0.05, 0.1) is 6.04 Å². The first-order valence-electron chi connectivity index (χ1n) is 8.51. The molecule has 2 aromatic rings. The van der Waals surface area contributed by atoms with Crippen molar-refractivity contribution in [2.75, 3.05) is 19.2 Å². The Labute approximate surface area is 174 Å². The maximum Gasteiger partial charge on any atom is 0.295 e. The van der Waals surface area contributed by atoms with E-state index in [9.17, 15) is 25.9 Å². The molecule has 2 rings (SSSR count). The van der Waals surface area contributed by atoms with E-state index in [1.165, 1.54) is 49.6 Å². The van der Waals surface area contributed by atoms with E-state index in [-0.39, 0.29) is 17.9 Å². The molecule has 0 aliphatic carbocycles. The zero-order valence-corrected chi connectivity index (χ0v) is 17.7. The van der Waals surface area contributed by atoms with Crippen molar-refractivity contribution in [3.05, 3.63) is 53.1 Å².